The molecule has 2 aromatic rings. The summed E-state index contributed by atoms with van der Waals surface area (Å²) >= 11 is 5.20. The number of anilines is 1. The Labute approximate surface area is 170 Å². The van der Waals surface area contributed by atoms with Crippen molar-refractivity contribution in [3.05, 3.63) is 59.7 Å². The molecule has 0 aliphatic carbocycles. The summed E-state index contributed by atoms with van der Waals surface area (Å²) in [5, 5.41) is 8.68. The fourth-order valence-corrected chi connectivity index (χ4v) is 2.64. The Hall–Kier alpha value is -2.93. The van der Waals surface area contributed by atoms with E-state index in [0.29, 0.717) is 11.3 Å². The third-order valence-electron chi connectivity index (χ3n) is 4.15. The zero-order valence-electron chi connectivity index (χ0n) is 16.2. The molecule has 0 aliphatic heterocycles. The fraction of sp³-hybridized carbons (Fsp3) is 0.286. The van der Waals surface area contributed by atoms with Crippen molar-refractivity contribution in [3.63, 3.8) is 0 Å². The van der Waals surface area contributed by atoms with Gasteiger partial charge in [-0.15, -0.1) is 0 Å². The van der Waals surface area contributed by atoms with Gasteiger partial charge >= 0.3 is 0 Å². The minimum absolute atomic E-state index is 0.0995. The van der Waals surface area contributed by atoms with Crippen LogP contribution in [0.15, 0.2) is 48.5 Å². The van der Waals surface area contributed by atoms with Gasteiger partial charge in [0.1, 0.15) is 5.75 Å². The molecule has 7 heteroatoms. The SMILES string of the molecule is CCC(C)NC(=O)c1cccc(NC(=S)NC(=O)Cc2ccc(OC)cc2)c1. The second-order valence-electron chi connectivity index (χ2n) is 6.39. The maximum atomic E-state index is 12.2. The monoisotopic (exact) mass is 399 g/mol. The van der Waals surface area contributed by atoms with Crippen LogP contribution < -0.4 is 20.7 Å². The van der Waals surface area contributed by atoms with Crippen LogP contribution in [0.4, 0.5) is 5.69 Å². The number of nitrogens with one attached hydrogen (secondary N) is 3. The lowest BCUT2D eigenvalue weighted by atomic mass is 10.1. The van der Waals surface area contributed by atoms with E-state index in [2.05, 4.69) is 16.0 Å². The number of benzene rings is 2. The molecule has 0 saturated carbocycles. The molecule has 2 amide bonds. The van der Waals surface area contributed by atoms with Gasteiger partial charge in [-0.25, -0.2) is 0 Å². The summed E-state index contributed by atoms with van der Waals surface area (Å²) in [5.74, 6) is 0.361. The highest BCUT2D eigenvalue weighted by Crippen LogP contribution is 2.13. The minimum Gasteiger partial charge on any atom is -0.497 e. The lowest BCUT2D eigenvalue weighted by molar-refractivity contribution is -0.119. The molecule has 0 heterocycles. The standard InChI is InChI=1S/C21H25N3O3S/c1-4-14(2)22-20(26)16-6-5-7-17(13-16)23-21(28)24-19(25)12-15-8-10-18(27-3)11-9-15/h5-11,13-14H,4,12H2,1-3H3,(H,22,26)(H2,23,24,25,28). The average molecular weight is 400 g/mol. The van der Waals surface area contributed by atoms with Crippen molar-refractivity contribution in [1.29, 1.82) is 0 Å². The largest absolute Gasteiger partial charge is 0.497 e. The zero-order chi connectivity index (χ0) is 20.5. The van der Waals surface area contributed by atoms with E-state index < -0.39 is 0 Å². The van der Waals surface area contributed by atoms with Crippen molar-refractivity contribution in [2.24, 2.45) is 0 Å². The Kier molecular flexibility index (Phi) is 7.95. The number of carbonyl (C=O) groups excluding carboxylic acids is 2. The molecule has 0 fully saturated rings. The quantitative estimate of drug-likeness (QED) is 0.623. The molecule has 0 aromatic heterocycles. The van der Waals surface area contributed by atoms with E-state index in [1.54, 1.807) is 43.5 Å². The van der Waals surface area contributed by atoms with Crippen LogP contribution in [0, 0.1) is 0 Å². The molecule has 1 atom stereocenters. The van der Waals surface area contributed by atoms with Gasteiger partial charge in [0, 0.05) is 17.3 Å². The van der Waals surface area contributed by atoms with Gasteiger partial charge < -0.3 is 20.7 Å². The Balaban J connectivity index is 1.90. The van der Waals surface area contributed by atoms with Crippen molar-refractivity contribution in [3.8, 4) is 5.75 Å². The van der Waals surface area contributed by atoms with Crippen LogP contribution in [0.2, 0.25) is 0 Å². The first-order chi connectivity index (χ1) is 13.4. The number of thiocarbonyl (C=S) groups is 1. The summed E-state index contributed by atoms with van der Waals surface area (Å²) < 4.78 is 5.10. The van der Waals surface area contributed by atoms with Crippen LogP contribution in [0.3, 0.4) is 0 Å². The summed E-state index contributed by atoms with van der Waals surface area (Å²) in [5.41, 5.74) is 2.01. The topological polar surface area (TPSA) is 79.5 Å². The summed E-state index contributed by atoms with van der Waals surface area (Å²) in [7, 11) is 1.59. The highest BCUT2D eigenvalue weighted by atomic mass is 32.1. The predicted molar refractivity (Wildman–Crippen MR) is 115 cm³/mol. The number of methoxy groups -OCH3 is 1. The molecule has 0 spiro atoms. The van der Waals surface area contributed by atoms with Crippen LogP contribution in [-0.2, 0) is 11.2 Å². The minimum atomic E-state index is -0.228. The van der Waals surface area contributed by atoms with Crippen molar-refractivity contribution in [1.82, 2.24) is 10.6 Å². The van der Waals surface area contributed by atoms with Gasteiger partial charge in [-0.2, -0.15) is 0 Å². The highest BCUT2D eigenvalue weighted by Gasteiger charge is 2.10. The van der Waals surface area contributed by atoms with Crippen molar-refractivity contribution < 1.29 is 14.3 Å². The molecular formula is C21H25N3O3S. The first kappa shape index (κ1) is 21.4. The maximum absolute atomic E-state index is 12.2. The Morgan fingerprint density at radius 3 is 2.50 bits per heavy atom. The van der Waals surface area contributed by atoms with Gasteiger partial charge in [-0.1, -0.05) is 25.1 Å². The van der Waals surface area contributed by atoms with E-state index in [-0.39, 0.29) is 29.4 Å². The maximum Gasteiger partial charge on any atom is 0.251 e. The van der Waals surface area contributed by atoms with E-state index in [1.165, 1.54) is 0 Å². The first-order valence-electron chi connectivity index (χ1n) is 9.06. The second kappa shape index (κ2) is 10.4. The molecule has 0 bridgehead atoms. The van der Waals surface area contributed by atoms with E-state index in [0.717, 1.165) is 17.7 Å². The van der Waals surface area contributed by atoms with Crippen molar-refractivity contribution in [2.75, 3.05) is 12.4 Å². The number of ether oxygens (including phenoxy) is 1. The molecule has 148 valence electrons. The van der Waals surface area contributed by atoms with E-state index >= 15 is 0 Å². The number of carbonyl (C=O) groups is 2. The van der Waals surface area contributed by atoms with Crippen LogP contribution in [0.5, 0.6) is 5.75 Å². The molecule has 2 aromatic carbocycles. The number of rotatable bonds is 7. The molecule has 2 rings (SSSR count). The fourth-order valence-electron chi connectivity index (χ4n) is 2.41. The number of amides is 2. The van der Waals surface area contributed by atoms with Gasteiger partial charge in [0.05, 0.1) is 13.5 Å². The Bertz CT molecular complexity index is 837. The lowest BCUT2D eigenvalue weighted by Crippen LogP contribution is -2.35. The Morgan fingerprint density at radius 2 is 1.86 bits per heavy atom. The lowest BCUT2D eigenvalue weighted by Gasteiger charge is -2.13. The molecule has 28 heavy (non-hydrogen) atoms. The Morgan fingerprint density at radius 1 is 1.14 bits per heavy atom. The molecule has 6 nitrogen and oxygen atoms in total. The second-order valence-corrected chi connectivity index (χ2v) is 6.80. The van der Waals surface area contributed by atoms with E-state index in [4.69, 9.17) is 17.0 Å². The van der Waals surface area contributed by atoms with Crippen LogP contribution in [-0.4, -0.2) is 30.1 Å². The number of hydrogen-bond acceptors (Lipinski definition) is 4. The van der Waals surface area contributed by atoms with Gasteiger partial charge in [-0.05, 0) is 61.5 Å². The van der Waals surface area contributed by atoms with E-state index in [1.807, 2.05) is 26.0 Å². The zero-order valence-corrected chi connectivity index (χ0v) is 17.1. The van der Waals surface area contributed by atoms with Crippen LogP contribution in [0.1, 0.15) is 36.2 Å². The third-order valence-corrected chi connectivity index (χ3v) is 4.35. The molecule has 3 N–H and O–H groups in total. The average Bonchev–Trinajstić information content (AvgIpc) is 2.68. The van der Waals surface area contributed by atoms with Crippen molar-refractivity contribution >= 4 is 34.8 Å². The van der Waals surface area contributed by atoms with Gasteiger partial charge in [0.25, 0.3) is 5.91 Å². The van der Waals surface area contributed by atoms with Gasteiger partial charge in [-0.3, -0.25) is 9.59 Å². The number of hydrogen-bond donors (Lipinski definition) is 3. The first-order valence-corrected chi connectivity index (χ1v) is 9.46. The van der Waals surface area contributed by atoms with Gasteiger partial charge in [0.15, 0.2) is 5.11 Å². The van der Waals surface area contributed by atoms with Gasteiger partial charge in [0.2, 0.25) is 5.91 Å². The highest BCUT2D eigenvalue weighted by molar-refractivity contribution is 7.80. The molecular weight excluding hydrogens is 374 g/mol. The summed E-state index contributed by atoms with van der Waals surface area (Å²) in [4.78, 5) is 24.4. The molecule has 0 aliphatic rings. The van der Waals surface area contributed by atoms with E-state index in [9.17, 15) is 9.59 Å². The summed E-state index contributed by atoms with van der Waals surface area (Å²) in [6.07, 6.45) is 1.05. The summed E-state index contributed by atoms with van der Waals surface area (Å²) in [6, 6.07) is 14.3. The molecule has 0 radical (unpaired) electrons. The summed E-state index contributed by atoms with van der Waals surface area (Å²) in [6.45, 7) is 3.96. The van der Waals surface area contributed by atoms with Crippen molar-refractivity contribution in [2.45, 2.75) is 32.7 Å². The predicted octanol–water partition coefficient (Wildman–Crippen LogP) is 3.28. The third kappa shape index (κ3) is 6.66. The normalized spacial score (nSPS) is 11.2. The van der Waals surface area contributed by atoms with Crippen LogP contribution >= 0.6 is 12.2 Å². The molecule has 0 saturated heterocycles. The smallest absolute Gasteiger partial charge is 0.251 e. The van der Waals surface area contributed by atoms with Crippen LogP contribution in [0.25, 0.3) is 0 Å². The molecule has 1 unspecified atom stereocenters.